The Hall–Kier alpha value is -1.06. The molecular formula is C14H18Cl2N2O. The number of hydrazone groups is 1. The largest absolute Gasteiger partial charge is 0.273 e. The van der Waals surface area contributed by atoms with Gasteiger partial charge < -0.3 is 0 Å². The number of nitrogens with one attached hydrogen (secondary N) is 1. The average Bonchev–Trinajstić information content (AvgIpc) is 2.31. The number of rotatable bonds is 5. The van der Waals surface area contributed by atoms with E-state index in [1.54, 1.807) is 12.1 Å². The van der Waals surface area contributed by atoms with Crippen LogP contribution in [0.3, 0.4) is 0 Å². The first-order valence-electron chi connectivity index (χ1n) is 6.24. The van der Waals surface area contributed by atoms with Crippen LogP contribution in [0.15, 0.2) is 23.3 Å². The molecule has 0 aliphatic carbocycles. The van der Waals surface area contributed by atoms with E-state index in [-0.39, 0.29) is 5.91 Å². The maximum Gasteiger partial charge on any atom is 0.240 e. The van der Waals surface area contributed by atoms with Crippen molar-refractivity contribution in [3.63, 3.8) is 0 Å². The lowest BCUT2D eigenvalue weighted by Crippen LogP contribution is -2.21. The van der Waals surface area contributed by atoms with Gasteiger partial charge in [0.15, 0.2) is 0 Å². The minimum atomic E-state index is -0.0916. The van der Waals surface area contributed by atoms with E-state index in [4.69, 9.17) is 23.2 Å². The summed E-state index contributed by atoms with van der Waals surface area (Å²) in [7, 11) is 0. The Balaban J connectivity index is 2.85. The van der Waals surface area contributed by atoms with E-state index < -0.39 is 0 Å². The third-order valence-corrected chi connectivity index (χ3v) is 3.03. The predicted octanol–water partition coefficient (Wildman–Crippen LogP) is 4.27. The minimum absolute atomic E-state index is 0.0916. The molecule has 0 unspecified atom stereocenters. The fourth-order valence-corrected chi connectivity index (χ4v) is 2.12. The molecule has 1 aromatic rings. The summed E-state index contributed by atoms with van der Waals surface area (Å²) in [6.07, 6.45) is 1.12. The van der Waals surface area contributed by atoms with Crippen molar-refractivity contribution in [1.82, 2.24) is 5.43 Å². The molecule has 0 aromatic heterocycles. The summed E-state index contributed by atoms with van der Waals surface area (Å²) in [6.45, 7) is 5.93. The van der Waals surface area contributed by atoms with Crippen LogP contribution in [-0.2, 0) is 4.79 Å². The molecule has 0 heterocycles. The maximum absolute atomic E-state index is 11.6. The molecule has 0 radical (unpaired) electrons. The van der Waals surface area contributed by atoms with Crippen molar-refractivity contribution in [2.24, 2.45) is 11.0 Å². The molecule has 1 rings (SSSR count). The number of nitrogens with zero attached hydrogens (tertiary/aromatic N) is 1. The molecule has 19 heavy (non-hydrogen) atoms. The van der Waals surface area contributed by atoms with Gasteiger partial charge in [-0.3, -0.25) is 4.79 Å². The fraction of sp³-hybridized carbons (Fsp3) is 0.429. The summed E-state index contributed by atoms with van der Waals surface area (Å²) < 4.78 is 0. The van der Waals surface area contributed by atoms with Crippen molar-refractivity contribution in [3.05, 3.63) is 33.8 Å². The molecule has 0 spiro atoms. The molecule has 5 heteroatoms. The first kappa shape index (κ1) is 16.0. The van der Waals surface area contributed by atoms with E-state index in [2.05, 4.69) is 10.5 Å². The van der Waals surface area contributed by atoms with Crippen LogP contribution in [0.25, 0.3) is 0 Å². The molecule has 0 aliphatic rings. The molecule has 0 bridgehead atoms. The Bertz CT molecular complexity index is 484. The van der Waals surface area contributed by atoms with Gasteiger partial charge in [0.2, 0.25) is 5.91 Å². The Morgan fingerprint density at radius 3 is 2.58 bits per heavy atom. The number of hydrogen-bond acceptors (Lipinski definition) is 2. The zero-order valence-corrected chi connectivity index (χ0v) is 12.8. The lowest BCUT2D eigenvalue weighted by molar-refractivity contribution is -0.121. The van der Waals surface area contributed by atoms with Crippen LogP contribution in [-0.4, -0.2) is 11.6 Å². The van der Waals surface area contributed by atoms with Gasteiger partial charge in [0, 0.05) is 17.0 Å². The van der Waals surface area contributed by atoms with Crippen molar-refractivity contribution >= 4 is 34.8 Å². The topological polar surface area (TPSA) is 41.5 Å². The molecule has 0 saturated heterocycles. The Morgan fingerprint density at radius 2 is 2.05 bits per heavy atom. The maximum atomic E-state index is 11.6. The third-order valence-electron chi connectivity index (χ3n) is 2.49. The van der Waals surface area contributed by atoms with Gasteiger partial charge in [-0.05, 0) is 24.5 Å². The van der Waals surface area contributed by atoms with Crippen molar-refractivity contribution in [1.29, 1.82) is 0 Å². The van der Waals surface area contributed by atoms with Crippen LogP contribution in [0.4, 0.5) is 0 Å². The molecule has 0 aliphatic heterocycles. The highest BCUT2D eigenvalue weighted by Gasteiger charge is 2.09. The number of halogens is 2. The van der Waals surface area contributed by atoms with E-state index in [0.717, 1.165) is 11.3 Å². The number of carbonyl (C=O) groups excluding carboxylic acids is 1. The molecule has 0 saturated carbocycles. The van der Waals surface area contributed by atoms with Gasteiger partial charge in [-0.15, -0.1) is 0 Å². The van der Waals surface area contributed by atoms with E-state index in [9.17, 15) is 4.79 Å². The zero-order valence-electron chi connectivity index (χ0n) is 11.3. The Morgan fingerprint density at radius 1 is 1.37 bits per heavy atom. The smallest absolute Gasteiger partial charge is 0.240 e. The van der Waals surface area contributed by atoms with Crippen LogP contribution in [0.5, 0.6) is 0 Å². The lowest BCUT2D eigenvalue weighted by atomic mass is 10.1. The van der Waals surface area contributed by atoms with Gasteiger partial charge in [-0.25, -0.2) is 5.43 Å². The zero-order chi connectivity index (χ0) is 14.4. The van der Waals surface area contributed by atoms with Crippen molar-refractivity contribution < 1.29 is 4.79 Å². The summed E-state index contributed by atoms with van der Waals surface area (Å²) in [6, 6.07) is 5.23. The summed E-state index contributed by atoms with van der Waals surface area (Å²) >= 11 is 12.0. The highest BCUT2D eigenvalue weighted by atomic mass is 35.5. The van der Waals surface area contributed by atoms with Gasteiger partial charge in [0.1, 0.15) is 0 Å². The second-order valence-corrected chi connectivity index (χ2v) is 5.51. The normalized spacial score (nSPS) is 11.8. The van der Waals surface area contributed by atoms with Gasteiger partial charge in [0.05, 0.1) is 10.7 Å². The minimum Gasteiger partial charge on any atom is -0.273 e. The Labute approximate surface area is 124 Å². The Kier molecular flexibility index (Phi) is 6.32. The molecule has 0 fully saturated rings. The van der Waals surface area contributed by atoms with Crippen molar-refractivity contribution in [3.8, 4) is 0 Å². The van der Waals surface area contributed by atoms with Crippen LogP contribution >= 0.6 is 23.2 Å². The molecule has 3 nitrogen and oxygen atoms in total. The summed E-state index contributed by atoms with van der Waals surface area (Å²) in [5, 5.41) is 5.26. The third kappa shape index (κ3) is 5.21. The molecule has 104 valence electrons. The number of carbonyl (C=O) groups is 1. The molecule has 1 N–H and O–H groups in total. The SMILES string of the molecule is CCC(=NNC(=O)CC(C)C)c1ccc(Cl)cc1Cl. The second kappa shape index (κ2) is 7.51. The van der Waals surface area contributed by atoms with Crippen molar-refractivity contribution in [2.45, 2.75) is 33.6 Å². The molecule has 1 aromatic carbocycles. The fourth-order valence-electron chi connectivity index (χ4n) is 1.60. The molecular weight excluding hydrogens is 283 g/mol. The molecule has 0 atom stereocenters. The summed E-state index contributed by atoms with van der Waals surface area (Å²) in [4.78, 5) is 11.6. The first-order chi connectivity index (χ1) is 8.93. The van der Waals surface area contributed by atoms with E-state index >= 15 is 0 Å². The van der Waals surface area contributed by atoms with Crippen LogP contribution in [0.2, 0.25) is 10.0 Å². The average molecular weight is 301 g/mol. The monoisotopic (exact) mass is 300 g/mol. The number of benzene rings is 1. The van der Waals surface area contributed by atoms with E-state index in [1.165, 1.54) is 0 Å². The highest BCUT2D eigenvalue weighted by Crippen LogP contribution is 2.22. The van der Waals surface area contributed by atoms with Gasteiger partial charge in [-0.2, -0.15) is 5.10 Å². The number of hydrogen-bond donors (Lipinski definition) is 1. The van der Waals surface area contributed by atoms with E-state index in [1.807, 2.05) is 26.8 Å². The quantitative estimate of drug-likeness (QED) is 0.640. The lowest BCUT2D eigenvalue weighted by Gasteiger charge is -2.08. The van der Waals surface area contributed by atoms with Crippen molar-refractivity contribution in [2.75, 3.05) is 0 Å². The van der Waals surface area contributed by atoms with Crippen LogP contribution in [0, 0.1) is 5.92 Å². The summed E-state index contributed by atoms with van der Waals surface area (Å²) in [5.74, 6) is 0.213. The first-order valence-corrected chi connectivity index (χ1v) is 7.00. The predicted molar refractivity (Wildman–Crippen MR) is 80.9 cm³/mol. The second-order valence-electron chi connectivity index (χ2n) is 4.67. The van der Waals surface area contributed by atoms with E-state index in [0.29, 0.717) is 28.8 Å². The van der Waals surface area contributed by atoms with Crippen LogP contribution in [0.1, 0.15) is 39.2 Å². The summed E-state index contributed by atoms with van der Waals surface area (Å²) in [5.41, 5.74) is 4.09. The van der Waals surface area contributed by atoms with Gasteiger partial charge >= 0.3 is 0 Å². The van der Waals surface area contributed by atoms with Crippen LogP contribution < -0.4 is 5.43 Å². The van der Waals surface area contributed by atoms with Gasteiger partial charge in [0.25, 0.3) is 0 Å². The highest BCUT2D eigenvalue weighted by molar-refractivity contribution is 6.37. The standard InChI is InChI=1S/C14H18Cl2N2O/c1-4-13(17-18-14(19)7-9(2)3)11-6-5-10(15)8-12(11)16/h5-6,8-9H,4,7H2,1-3H3,(H,18,19). The number of amides is 1. The molecule has 1 amide bonds. The van der Waals surface area contributed by atoms with Gasteiger partial charge in [-0.1, -0.05) is 50.0 Å².